The van der Waals surface area contributed by atoms with E-state index >= 15 is 0 Å². The molecule has 0 spiro atoms. The molecule has 1 fully saturated rings. The molecule has 0 radical (unpaired) electrons. The number of nitrogens with zero attached hydrogens (tertiary/aromatic N) is 3. The zero-order valence-electron chi connectivity index (χ0n) is 13.6. The van der Waals surface area contributed by atoms with Gasteiger partial charge >= 0.3 is 0 Å². The van der Waals surface area contributed by atoms with Gasteiger partial charge in [0.2, 0.25) is 0 Å². The van der Waals surface area contributed by atoms with Crippen LogP contribution < -0.4 is 0 Å². The van der Waals surface area contributed by atoms with E-state index in [1.54, 1.807) is 0 Å². The smallest absolute Gasteiger partial charge is 0.192 e. The van der Waals surface area contributed by atoms with Crippen molar-refractivity contribution in [2.45, 2.75) is 25.3 Å². The topological polar surface area (TPSA) is 18.8 Å². The lowest BCUT2D eigenvalue weighted by Crippen LogP contribution is -2.38. The van der Waals surface area contributed by atoms with E-state index in [2.05, 4.69) is 64.5 Å². The Balaban J connectivity index is 1.67. The summed E-state index contributed by atoms with van der Waals surface area (Å²) in [5.74, 6) is 0. The SMILES string of the molecule is S=C(N1CCCC1)N1N=C(c2ccccc2)CC1c1ccccc1. The second-order valence-corrected chi connectivity index (χ2v) is 6.73. The molecule has 2 heterocycles. The van der Waals surface area contributed by atoms with Gasteiger partial charge < -0.3 is 4.90 Å². The number of benzene rings is 2. The predicted octanol–water partition coefficient (Wildman–Crippen LogP) is 4.22. The van der Waals surface area contributed by atoms with Gasteiger partial charge in [0.25, 0.3) is 0 Å². The highest BCUT2D eigenvalue weighted by Crippen LogP contribution is 2.34. The molecule has 122 valence electrons. The summed E-state index contributed by atoms with van der Waals surface area (Å²) in [5, 5.41) is 7.86. The zero-order valence-corrected chi connectivity index (χ0v) is 14.5. The van der Waals surface area contributed by atoms with Crippen LogP contribution in [0.1, 0.15) is 36.4 Å². The molecule has 3 nitrogen and oxygen atoms in total. The highest BCUT2D eigenvalue weighted by atomic mass is 32.1. The number of hydrogen-bond acceptors (Lipinski definition) is 2. The van der Waals surface area contributed by atoms with Crippen LogP contribution in [0.5, 0.6) is 0 Å². The lowest BCUT2D eigenvalue weighted by molar-refractivity contribution is 0.321. The summed E-state index contributed by atoms with van der Waals surface area (Å²) in [5.41, 5.74) is 3.57. The molecule has 2 aliphatic rings. The van der Waals surface area contributed by atoms with Gasteiger partial charge in [0.1, 0.15) is 0 Å². The lowest BCUT2D eigenvalue weighted by Gasteiger charge is -2.29. The molecule has 4 rings (SSSR count). The summed E-state index contributed by atoms with van der Waals surface area (Å²) < 4.78 is 0. The van der Waals surface area contributed by atoms with Crippen LogP contribution in [-0.4, -0.2) is 33.8 Å². The molecule has 0 N–H and O–H groups in total. The van der Waals surface area contributed by atoms with Gasteiger partial charge in [-0.1, -0.05) is 60.7 Å². The first-order valence-corrected chi connectivity index (χ1v) is 9.00. The van der Waals surface area contributed by atoms with Crippen molar-refractivity contribution in [2.75, 3.05) is 13.1 Å². The fraction of sp³-hybridized carbons (Fsp3) is 0.300. The summed E-state index contributed by atoms with van der Waals surface area (Å²) in [6, 6.07) is 21.2. The predicted molar refractivity (Wildman–Crippen MR) is 102 cm³/mol. The number of thiocarbonyl (C=S) groups is 1. The standard InChI is InChI=1S/C20H21N3S/c24-20(22-13-7-8-14-22)23-19(17-11-5-2-6-12-17)15-18(21-23)16-9-3-1-4-10-16/h1-6,9-12,19H,7-8,13-15H2. The van der Waals surface area contributed by atoms with Crippen LogP contribution in [0.25, 0.3) is 0 Å². The molecule has 2 aromatic rings. The molecule has 1 unspecified atom stereocenters. The van der Waals surface area contributed by atoms with Gasteiger partial charge in [-0.2, -0.15) is 5.10 Å². The van der Waals surface area contributed by atoms with Crippen LogP contribution in [-0.2, 0) is 0 Å². The Labute approximate surface area is 148 Å². The van der Waals surface area contributed by atoms with Crippen molar-refractivity contribution in [3.05, 3.63) is 71.8 Å². The third kappa shape index (κ3) is 2.94. The van der Waals surface area contributed by atoms with E-state index < -0.39 is 0 Å². The molecule has 1 saturated heterocycles. The van der Waals surface area contributed by atoms with Crippen molar-refractivity contribution < 1.29 is 0 Å². The van der Waals surface area contributed by atoms with E-state index in [1.165, 1.54) is 24.0 Å². The summed E-state index contributed by atoms with van der Waals surface area (Å²) in [7, 11) is 0. The van der Waals surface area contributed by atoms with E-state index in [4.69, 9.17) is 17.3 Å². The van der Waals surface area contributed by atoms with Gasteiger partial charge in [0, 0.05) is 19.5 Å². The zero-order chi connectivity index (χ0) is 16.4. The molecular weight excluding hydrogens is 314 g/mol. The molecule has 0 aliphatic carbocycles. The maximum atomic E-state index is 5.80. The molecule has 4 heteroatoms. The highest BCUT2D eigenvalue weighted by Gasteiger charge is 2.33. The fourth-order valence-corrected chi connectivity index (χ4v) is 3.83. The Morgan fingerprint density at radius 2 is 1.54 bits per heavy atom. The summed E-state index contributed by atoms with van der Waals surface area (Å²) in [4.78, 5) is 2.29. The lowest BCUT2D eigenvalue weighted by atomic mass is 9.99. The third-order valence-corrected chi connectivity index (χ3v) is 5.22. The van der Waals surface area contributed by atoms with Gasteiger partial charge in [-0.05, 0) is 36.2 Å². The number of hydrazone groups is 1. The number of likely N-dealkylation sites (tertiary alicyclic amines) is 1. The Hall–Kier alpha value is -2.20. The van der Waals surface area contributed by atoms with E-state index in [0.717, 1.165) is 30.3 Å². The minimum Gasteiger partial charge on any atom is -0.348 e. The Kier molecular flexibility index (Phi) is 4.30. The van der Waals surface area contributed by atoms with Crippen LogP contribution in [0.15, 0.2) is 65.8 Å². The Bertz CT molecular complexity index is 736. The van der Waals surface area contributed by atoms with Gasteiger partial charge in [0.05, 0.1) is 11.8 Å². The minimum absolute atomic E-state index is 0.189. The average molecular weight is 335 g/mol. The Morgan fingerprint density at radius 3 is 2.21 bits per heavy atom. The van der Waals surface area contributed by atoms with E-state index in [9.17, 15) is 0 Å². The molecule has 0 saturated carbocycles. The van der Waals surface area contributed by atoms with E-state index in [0.29, 0.717) is 0 Å². The first-order chi connectivity index (χ1) is 11.8. The first kappa shape index (κ1) is 15.3. The molecular formula is C20H21N3S. The first-order valence-electron chi connectivity index (χ1n) is 8.59. The minimum atomic E-state index is 0.189. The molecule has 2 aromatic carbocycles. The van der Waals surface area contributed by atoms with Gasteiger partial charge in [-0.15, -0.1) is 0 Å². The largest absolute Gasteiger partial charge is 0.348 e. The molecule has 0 aromatic heterocycles. The van der Waals surface area contributed by atoms with E-state index in [1.807, 2.05) is 6.07 Å². The highest BCUT2D eigenvalue weighted by molar-refractivity contribution is 7.80. The van der Waals surface area contributed by atoms with Crippen LogP contribution in [0.3, 0.4) is 0 Å². The molecule has 0 amide bonds. The normalized spacial score (nSPS) is 20.3. The maximum absolute atomic E-state index is 5.80. The second kappa shape index (κ2) is 6.73. The van der Waals surface area contributed by atoms with Gasteiger partial charge in [-0.3, -0.25) is 0 Å². The molecule has 0 bridgehead atoms. The second-order valence-electron chi connectivity index (χ2n) is 6.36. The van der Waals surface area contributed by atoms with Crippen LogP contribution in [0.4, 0.5) is 0 Å². The van der Waals surface area contributed by atoms with Crippen molar-refractivity contribution in [3.63, 3.8) is 0 Å². The van der Waals surface area contributed by atoms with E-state index in [-0.39, 0.29) is 6.04 Å². The summed E-state index contributed by atoms with van der Waals surface area (Å²) in [6.07, 6.45) is 3.33. The van der Waals surface area contributed by atoms with Crippen LogP contribution in [0.2, 0.25) is 0 Å². The summed E-state index contributed by atoms with van der Waals surface area (Å²) >= 11 is 5.80. The van der Waals surface area contributed by atoms with Crippen molar-refractivity contribution in [2.24, 2.45) is 5.10 Å². The quantitative estimate of drug-likeness (QED) is 0.766. The third-order valence-electron chi connectivity index (χ3n) is 4.77. The average Bonchev–Trinajstić information content (AvgIpc) is 3.33. The van der Waals surface area contributed by atoms with Crippen LogP contribution >= 0.6 is 12.2 Å². The van der Waals surface area contributed by atoms with Crippen molar-refractivity contribution >= 4 is 23.0 Å². The Morgan fingerprint density at radius 1 is 0.917 bits per heavy atom. The maximum Gasteiger partial charge on any atom is 0.192 e. The fourth-order valence-electron chi connectivity index (χ4n) is 3.48. The van der Waals surface area contributed by atoms with Crippen molar-refractivity contribution in [1.82, 2.24) is 9.91 Å². The number of rotatable bonds is 2. The van der Waals surface area contributed by atoms with Crippen molar-refractivity contribution in [3.8, 4) is 0 Å². The monoisotopic (exact) mass is 335 g/mol. The van der Waals surface area contributed by atoms with Crippen molar-refractivity contribution in [1.29, 1.82) is 0 Å². The molecule has 24 heavy (non-hydrogen) atoms. The summed E-state index contributed by atoms with van der Waals surface area (Å²) in [6.45, 7) is 2.10. The number of hydrogen-bond donors (Lipinski definition) is 0. The van der Waals surface area contributed by atoms with Crippen LogP contribution in [0, 0.1) is 0 Å². The molecule has 1 atom stereocenters. The van der Waals surface area contributed by atoms with Gasteiger partial charge in [-0.25, -0.2) is 5.01 Å². The molecule has 2 aliphatic heterocycles. The van der Waals surface area contributed by atoms with Gasteiger partial charge in [0.15, 0.2) is 5.11 Å².